The number of fused-ring (bicyclic) bond motifs is 1. The number of carbonyl (C=O) groups is 1. The van der Waals surface area contributed by atoms with Gasteiger partial charge in [0.1, 0.15) is 0 Å². The van der Waals surface area contributed by atoms with Crippen LogP contribution in [0.1, 0.15) is 10.4 Å². The normalized spacial score (nSPS) is 10.5. The van der Waals surface area contributed by atoms with E-state index in [1.165, 1.54) is 11.3 Å². The highest BCUT2D eigenvalue weighted by molar-refractivity contribution is 7.80. The Hall–Kier alpha value is -1.00. The third-order valence-electron chi connectivity index (χ3n) is 1.89. The Labute approximate surface area is 84.8 Å². The molecule has 0 aliphatic rings. The fourth-order valence-corrected chi connectivity index (χ4v) is 2.58. The minimum absolute atomic E-state index is 0.635. The van der Waals surface area contributed by atoms with Crippen molar-refractivity contribution in [3.05, 3.63) is 23.1 Å². The second kappa shape index (κ2) is 3.05. The molecule has 2 nitrogen and oxygen atoms in total. The van der Waals surface area contributed by atoms with Crippen LogP contribution < -0.4 is 5.73 Å². The number of carbonyl (C=O) groups excluding carboxylic acids is 1. The van der Waals surface area contributed by atoms with Crippen LogP contribution in [0.5, 0.6) is 0 Å². The predicted molar refractivity (Wildman–Crippen MR) is 58.9 cm³/mol. The van der Waals surface area contributed by atoms with Crippen molar-refractivity contribution in [2.24, 2.45) is 0 Å². The number of aldehydes is 1. The van der Waals surface area contributed by atoms with E-state index in [4.69, 9.17) is 5.73 Å². The van der Waals surface area contributed by atoms with E-state index >= 15 is 0 Å². The number of benzene rings is 1. The molecule has 0 fully saturated rings. The van der Waals surface area contributed by atoms with Crippen molar-refractivity contribution < 1.29 is 4.79 Å². The van der Waals surface area contributed by atoms with E-state index in [9.17, 15) is 4.79 Å². The van der Waals surface area contributed by atoms with Crippen molar-refractivity contribution in [1.29, 1.82) is 0 Å². The molecule has 0 amide bonds. The van der Waals surface area contributed by atoms with Crippen LogP contribution in [0.3, 0.4) is 0 Å². The summed E-state index contributed by atoms with van der Waals surface area (Å²) in [6.45, 7) is 0. The van der Waals surface area contributed by atoms with E-state index in [0.717, 1.165) is 21.3 Å². The molecular formula is C9H7NOS2. The second-order valence-electron chi connectivity index (χ2n) is 2.69. The third-order valence-corrected chi connectivity index (χ3v) is 3.44. The average Bonchev–Trinajstić information content (AvgIpc) is 2.56. The van der Waals surface area contributed by atoms with Crippen molar-refractivity contribution in [3.8, 4) is 0 Å². The maximum atomic E-state index is 10.7. The SMILES string of the molecule is Nc1ccc(S)c2scc(C=O)c12. The van der Waals surface area contributed by atoms with Crippen molar-refractivity contribution in [3.63, 3.8) is 0 Å². The number of hydrogen-bond acceptors (Lipinski definition) is 4. The molecule has 0 radical (unpaired) electrons. The van der Waals surface area contributed by atoms with Gasteiger partial charge in [-0.3, -0.25) is 4.79 Å². The molecule has 2 aromatic rings. The molecule has 0 saturated heterocycles. The van der Waals surface area contributed by atoms with Crippen molar-refractivity contribution in [1.82, 2.24) is 0 Å². The van der Waals surface area contributed by atoms with E-state index < -0.39 is 0 Å². The standard InChI is InChI=1S/C9H7NOS2/c10-6-1-2-7(12)9-8(6)5(3-11)4-13-9/h1-4,12H,10H2. The van der Waals surface area contributed by atoms with Gasteiger partial charge in [-0.2, -0.15) is 0 Å². The Morgan fingerprint density at radius 3 is 2.92 bits per heavy atom. The van der Waals surface area contributed by atoms with Crippen LogP contribution >= 0.6 is 24.0 Å². The molecule has 1 aromatic heterocycles. The number of anilines is 1. The van der Waals surface area contributed by atoms with Gasteiger partial charge in [-0.05, 0) is 12.1 Å². The van der Waals surface area contributed by atoms with E-state index in [2.05, 4.69) is 12.6 Å². The van der Waals surface area contributed by atoms with Crippen molar-refractivity contribution in [2.75, 3.05) is 5.73 Å². The average molecular weight is 209 g/mol. The summed E-state index contributed by atoms with van der Waals surface area (Å²) < 4.78 is 0.977. The Balaban J connectivity index is 2.95. The predicted octanol–water partition coefficient (Wildman–Crippen LogP) is 2.58. The lowest BCUT2D eigenvalue weighted by molar-refractivity contribution is 0.112. The number of thiol groups is 1. The minimum Gasteiger partial charge on any atom is -0.398 e. The quantitative estimate of drug-likeness (QED) is 0.430. The highest BCUT2D eigenvalue weighted by Crippen LogP contribution is 2.34. The minimum atomic E-state index is 0.635. The first-order valence-corrected chi connectivity index (χ1v) is 5.00. The number of hydrogen-bond donors (Lipinski definition) is 2. The van der Waals surface area contributed by atoms with Gasteiger partial charge in [0.2, 0.25) is 0 Å². The number of thiophene rings is 1. The summed E-state index contributed by atoms with van der Waals surface area (Å²) in [5.41, 5.74) is 7.04. The lowest BCUT2D eigenvalue weighted by Crippen LogP contribution is -1.87. The summed E-state index contributed by atoms with van der Waals surface area (Å²) in [5, 5.41) is 2.63. The molecule has 1 aromatic carbocycles. The van der Waals surface area contributed by atoms with Gasteiger partial charge in [-0.15, -0.1) is 24.0 Å². The molecule has 0 atom stereocenters. The molecule has 0 saturated carbocycles. The van der Waals surface area contributed by atoms with Crippen LogP contribution in [0.2, 0.25) is 0 Å². The lowest BCUT2D eigenvalue weighted by atomic mass is 10.1. The van der Waals surface area contributed by atoms with E-state index in [0.29, 0.717) is 11.3 Å². The Bertz CT molecular complexity index is 476. The van der Waals surface area contributed by atoms with Crippen LogP contribution in [-0.2, 0) is 0 Å². The van der Waals surface area contributed by atoms with Crippen LogP contribution in [0, 0.1) is 0 Å². The molecular weight excluding hydrogens is 202 g/mol. The summed E-state index contributed by atoms with van der Waals surface area (Å²) in [7, 11) is 0. The molecule has 4 heteroatoms. The van der Waals surface area contributed by atoms with Crippen molar-refractivity contribution in [2.45, 2.75) is 4.90 Å². The molecule has 2 N–H and O–H groups in total. The second-order valence-corrected chi connectivity index (χ2v) is 4.05. The van der Waals surface area contributed by atoms with Gasteiger partial charge in [0.25, 0.3) is 0 Å². The Morgan fingerprint density at radius 1 is 1.46 bits per heavy atom. The number of nitrogens with two attached hydrogens (primary N) is 1. The zero-order valence-corrected chi connectivity index (χ0v) is 8.36. The van der Waals surface area contributed by atoms with Gasteiger partial charge in [0.05, 0.1) is 4.70 Å². The first-order chi connectivity index (χ1) is 6.24. The van der Waals surface area contributed by atoms with Crippen LogP contribution in [0.4, 0.5) is 5.69 Å². The largest absolute Gasteiger partial charge is 0.398 e. The fourth-order valence-electron chi connectivity index (χ4n) is 1.27. The monoisotopic (exact) mass is 209 g/mol. The first kappa shape index (κ1) is 8.59. The molecule has 0 unspecified atom stereocenters. The zero-order valence-electron chi connectivity index (χ0n) is 6.65. The van der Waals surface area contributed by atoms with Crippen LogP contribution in [0.25, 0.3) is 10.1 Å². The zero-order chi connectivity index (χ0) is 9.42. The molecule has 0 bridgehead atoms. The van der Waals surface area contributed by atoms with E-state index in [1.54, 1.807) is 11.4 Å². The number of rotatable bonds is 1. The summed E-state index contributed by atoms with van der Waals surface area (Å²) in [6.07, 6.45) is 0.822. The molecule has 0 aliphatic heterocycles. The summed E-state index contributed by atoms with van der Waals surface area (Å²) >= 11 is 5.78. The fraction of sp³-hybridized carbons (Fsp3) is 0. The molecule has 2 rings (SSSR count). The molecule has 0 aliphatic carbocycles. The van der Waals surface area contributed by atoms with Gasteiger partial charge >= 0.3 is 0 Å². The summed E-state index contributed by atoms with van der Waals surface area (Å²) in [4.78, 5) is 11.5. The lowest BCUT2D eigenvalue weighted by Gasteiger charge is -1.99. The summed E-state index contributed by atoms with van der Waals surface area (Å²) in [5.74, 6) is 0. The van der Waals surface area contributed by atoms with Gasteiger partial charge in [-0.1, -0.05) is 0 Å². The smallest absolute Gasteiger partial charge is 0.151 e. The summed E-state index contributed by atoms with van der Waals surface area (Å²) in [6, 6.07) is 3.61. The van der Waals surface area contributed by atoms with Gasteiger partial charge in [0.15, 0.2) is 6.29 Å². The molecule has 1 heterocycles. The maximum Gasteiger partial charge on any atom is 0.151 e. The van der Waals surface area contributed by atoms with Crippen LogP contribution in [0.15, 0.2) is 22.4 Å². The first-order valence-electron chi connectivity index (χ1n) is 3.68. The Morgan fingerprint density at radius 2 is 2.23 bits per heavy atom. The number of nitrogen functional groups attached to an aromatic ring is 1. The van der Waals surface area contributed by atoms with Gasteiger partial charge < -0.3 is 5.73 Å². The van der Waals surface area contributed by atoms with Crippen molar-refractivity contribution >= 4 is 46.0 Å². The highest BCUT2D eigenvalue weighted by Gasteiger charge is 2.08. The van der Waals surface area contributed by atoms with Gasteiger partial charge in [0, 0.05) is 26.9 Å². The maximum absolute atomic E-state index is 10.7. The molecule has 0 spiro atoms. The van der Waals surface area contributed by atoms with Crippen LogP contribution in [-0.4, -0.2) is 6.29 Å². The highest BCUT2D eigenvalue weighted by atomic mass is 32.1. The van der Waals surface area contributed by atoms with E-state index in [-0.39, 0.29) is 0 Å². The molecule has 13 heavy (non-hydrogen) atoms. The molecule has 66 valence electrons. The topological polar surface area (TPSA) is 43.1 Å². The third kappa shape index (κ3) is 1.22. The van der Waals surface area contributed by atoms with Gasteiger partial charge in [-0.25, -0.2) is 0 Å². The van der Waals surface area contributed by atoms with E-state index in [1.807, 2.05) is 6.07 Å². The Kier molecular flexibility index (Phi) is 2.01.